The smallest absolute Gasteiger partial charge is 0.435 e. The van der Waals surface area contributed by atoms with E-state index in [1.165, 1.54) is 4.68 Å². The van der Waals surface area contributed by atoms with Crippen molar-refractivity contribution in [3.63, 3.8) is 0 Å². The molecule has 28 heavy (non-hydrogen) atoms. The Hall–Kier alpha value is -2.51. The number of aromatic nitrogens is 2. The first-order valence-electron chi connectivity index (χ1n) is 8.56. The van der Waals surface area contributed by atoms with E-state index in [0.29, 0.717) is 28.6 Å². The van der Waals surface area contributed by atoms with Crippen molar-refractivity contribution in [2.24, 2.45) is 0 Å². The number of benzene rings is 2. The monoisotopic (exact) mass is 409 g/mol. The standard InChI is InChI=1S/C20H19ClF3N3O/c1-26(2)10-11-28-15-7-5-6-14(12-15)18-13-19(20(22,23)24)25-27(18)17-9-4-3-8-16(17)21/h3-9,12-13H,10-11H2,1-2H3. The molecule has 0 unspecified atom stereocenters. The van der Waals surface area contributed by atoms with Crippen LogP contribution in [0.2, 0.25) is 5.02 Å². The van der Waals surface area contributed by atoms with Crippen LogP contribution in [0, 0.1) is 0 Å². The highest BCUT2D eigenvalue weighted by Gasteiger charge is 2.35. The number of alkyl halides is 3. The van der Waals surface area contributed by atoms with Crippen molar-refractivity contribution in [2.45, 2.75) is 6.18 Å². The molecule has 0 aliphatic heterocycles. The summed E-state index contributed by atoms with van der Waals surface area (Å²) in [7, 11) is 3.86. The predicted molar refractivity (Wildman–Crippen MR) is 103 cm³/mol. The quantitative estimate of drug-likeness (QED) is 0.564. The molecule has 1 heterocycles. The van der Waals surface area contributed by atoms with Gasteiger partial charge in [-0.3, -0.25) is 0 Å². The largest absolute Gasteiger partial charge is 0.492 e. The van der Waals surface area contributed by atoms with Crippen LogP contribution in [-0.2, 0) is 6.18 Å². The van der Waals surface area contributed by atoms with E-state index in [9.17, 15) is 13.2 Å². The molecule has 0 aliphatic carbocycles. The molecule has 0 atom stereocenters. The normalized spacial score (nSPS) is 11.8. The van der Waals surface area contributed by atoms with E-state index in [-0.39, 0.29) is 5.69 Å². The number of hydrogen-bond donors (Lipinski definition) is 0. The van der Waals surface area contributed by atoms with Crippen molar-refractivity contribution in [3.05, 3.63) is 65.3 Å². The van der Waals surface area contributed by atoms with Crippen LogP contribution in [0.1, 0.15) is 5.69 Å². The molecular weight excluding hydrogens is 391 g/mol. The van der Waals surface area contributed by atoms with Crippen molar-refractivity contribution in [1.29, 1.82) is 0 Å². The molecule has 148 valence electrons. The van der Waals surface area contributed by atoms with Gasteiger partial charge in [-0.15, -0.1) is 0 Å². The molecular formula is C20H19ClF3N3O. The minimum Gasteiger partial charge on any atom is -0.492 e. The van der Waals surface area contributed by atoms with Crippen molar-refractivity contribution >= 4 is 11.6 Å². The topological polar surface area (TPSA) is 30.3 Å². The number of nitrogens with zero attached hydrogens (tertiary/aromatic N) is 3. The first-order valence-corrected chi connectivity index (χ1v) is 8.93. The SMILES string of the molecule is CN(C)CCOc1cccc(-c2cc(C(F)(F)F)nn2-c2ccccc2Cl)c1. The van der Waals surface area contributed by atoms with E-state index in [0.717, 1.165) is 12.6 Å². The minimum absolute atomic E-state index is 0.276. The molecule has 3 rings (SSSR count). The average molecular weight is 410 g/mol. The van der Waals surface area contributed by atoms with Crippen LogP contribution in [0.3, 0.4) is 0 Å². The van der Waals surface area contributed by atoms with Crippen LogP contribution in [-0.4, -0.2) is 41.9 Å². The zero-order valence-corrected chi connectivity index (χ0v) is 16.1. The van der Waals surface area contributed by atoms with Gasteiger partial charge in [0.2, 0.25) is 0 Å². The second kappa shape index (κ2) is 8.24. The molecule has 2 aromatic carbocycles. The summed E-state index contributed by atoms with van der Waals surface area (Å²) in [6.07, 6.45) is -4.57. The zero-order chi connectivity index (χ0) is 20.3. The van der Waals surface area contributed by atoms with Gasteiger partial charge in [-0.25, -0.2) is 4.68 Å². The summed E-state index contributed by atoms with van der Waals surface area (Å²) >= 11 is 6.20. The fraction of sp³-hybridized carbons (Fsp3) is 0.250. The first-order chi connectivity index (χ1) is 13.3. The Morgan fingerprint density at radius 1 is 1.07 bits per heavy atom. The first kappa shape index (κ1) is 20.2. The second-order valence-electron chi connectivity index (χ2n) is 6.46. The fourth-order valence-electron chi connectivity index (χ4n) is 2.62. The Morgan fingerprint density at radius 3 is 2.50 bits per heavy atom. The maximum Gasteiger partial charge on any atom is 0.435 e. The van der Waals surface area contributed by atoms with Gasteiger partial charge in [0, 0.05) is 12.1 Å². The average Bonchev–Trinajstić information content (AvgIpc) is 3.08. The van der Waals surface area contributed by atoms with Gasteiger partial charge in [0.15, 0.2) is 5.69 Å². The molecule has 8 heteroatoms. The fourth-order valence-corrected chi connectivity index (χ4v) is 2.84. The van der Waals surface area contributed by atoms with Gasteiger partial charge in [-0.05, 0) is 44.4 Å². The Bertz CT molecular complexity index is 954. The summed E-state index contributed by atoms with van der Waals surface area (Å²) in [6, 6.07) is 14.6. The van der Waals surface area contributed by atoms with Crippen LogP contribution < -0.4 is 4.74 Å². The summed E-state index contributed by atoms with van der Waals surface area (Å²) in [5.74, 6) is 0.569. The number of rotatable bonds is 6. The molecule has 0 bridgehead atoms. The van der Waals surface area contributed by atoms with E-state index in [1.54, 1.807) is 48.5 Å². The Balaban J connectivity index is 2.04. The summed E-state index contributed by atoms with van der Waals surface area (Å²) in [6.45, 7) is 1.19. The Morgan fingerprint density at radius 2 is 1.82 bits per heavy atom. The number of para-hydroxylation sites is 1. The van der Waals surface area contributed by atoms with Crippen LogP contribution in [0.5, 0.6) is 5.75 Å². The molecule has 0 fully saturated rings. The van der Waals surface area contributed by atoms with Gasteiger partial charge in [0.1, 0.15) is 12.4 Å². The Kier molecular flexibility index (Phi) is 5.96. The zero-order valence-electron chi connectivity index (χ0n) is 15.4. The molecule has 0 N–H and O–H groups in total. The third kappa shape index (κ3) is 4.66. The third-order valence-electron chi connectivity index (χ3n) is 4.02. The van der Waals surface area contributed by atoms with Gasteiger partial charge in [0.05, 0.1) is 16.4 Å². The predicted octanol–water partition coefficient (Wildman–Crippen LogP) is 5.15. The summed E-state index contributed by atoms with van der Waals surface area (Å²) in [5, 5.41) is 4.07. The van der Waals surface area contributed by atoms with Crippen molar-refractivity contribution < 1.29 is 17.9 Å². The van der Waals surface area contributed by atoms with E-state index in [1.807, 2.05) is 19.0 Å². The lowest BCUT2D eigenvalue weighted by molar-refractivity contribution is -0.141. The van der Waals surface area contributed by atoms with E-state index in [4.69, 9.17) is 16.3 Å². The molecule has 0 amide bonds. The van der Waals surface area contributed by atoms with Gasteiger partial charge in [-0.1, -0.05) is 35.9 Å². The molecule has 1 aromatic heterocycles. The lowest BCUT2D eigenvalue weighted by atomic mass is 10.1. The molecule has 4 nitrogen and oxygen atoms in total. The number of ether oxygens (including phenoxy) is 1. The molecule has 0 spiro atoms. The minimum atomic E-state index is -4.57. The Labute approximate surface area is 166 Å². The van der Waals surface area contributed by atoms with Crippen molar-refractivity contribution in [2.75, 3.05) is 27.2 Å². The lowest BCUT2D eigenvalue weighted by Gasteiger charge is -2.13. The number of likely N-dealkylation sites (N-methyl/N-ethyl adjacent to an activating group) is 1. The lowest BCUT2D eigenvalue weighted by Crippen LogP contribution is -2.19. The van der Waals surface area contributed by atoms with Crippen molar-refractivity contribution in [1.82, 2.24) is 14.7 Å². The van der Waals surface area contributed by atoms with Gasteiger partial charge < -0.3 is 9.64 Å². The van der Waals surface area contributed by atoms with Crippen LogP contribution in [0.15, 0.2) is 54.6 Å². The molecule has 0 saturated heterocycles. The highest BCUT2D eigenvalue weighted by molar-refractivity contribution is 6.32. The van der Waals surface area contributed by atoms with E-state index in [2.05, 4.69) is 5.10 Å². The van der Waals surface area contributed by atoms with Crippen LogP contribution in [0.25, 0.3) is 16.9 Å². The summed E-state index contributed by atoms with van der Waals surface area (Å²) < 4.78 is 46.8. The van der Waals surface area contributed by atoms with Crippen LogP contribution in [0.4, 0.5) is 13.2 Å². The van der Waals surface area contributed by atoms with E-state index < -0.39 is 11.9 Å². The molecule has 0 radical (unpaired) electrons. The molecule has 0 aliphatic rings. The van der Waals surface area contributed by atoms with Crippen molar-refractivity contribution in [3.8, 4) is 22.7 Å². The van der Waals surface area contributed by atoms with Crippen LogP contribution >= 0.6 is 11.6 Å². The van der Waals surface area contributed by atoms with E-state index >= 15 is 0 Å². The molecule has 0 saturated carbocycles. The molecule has 3 aromatic rings. The summed E-state index contributed by atoms with van der Waals surface area (Å²) in [5.41, 5.74) is 0.207. The van der Waals surface area contributed by atoms with Gasteiger partial charge in [-0.2, -0.15) is 18.3 Å². The van der Waals surface area contributed by atoms with Gasteiger partial charge >= 0.3 is 6.18 Å². The summed E-state index contributed by atoms with van der Waals surface area (Å²) in [4.78, 5) is 1.98. The number of hydrogen-bond acceptors (Lipinski definition) is 3. The highest BCUT2D eigenvalue weighted by atomic mass is 35.5. The third-order valence-corrected chi connectivity index (χ3v) is 4.34. The maximum atomic E-state index is 13.3. The second-order valence-corrected chi connectivity index (χ2v) is 6.86. The maximum absolute atomic E-state index is 13.3. The number of halogens is 4. The van der Waals surface area contributed by atoms with Gasteiger partial charge in [0.25, 0.3) is 0 Å². The highest BCUT2D eigenvalue weighted by Crippen LogP contribution is 2.35.